The molecule has 29 heavy (non-hydrogen) atoms. The number of nitrogens with zero attached hydrogens (tertiary/aromatic N) is 5. The summed E-state index contributed by atoms with van der Waals surface area (Å²) in [6, 6.07) is 4.02. The maximum atomic E-state index is 13.1. The van der Waals surface area contributed by atoms with Crippen LogP contribution >= 0.6 is 0 Å². The number of nitrogen functional groups attached to an aromatic ring is 1. The van der Waals surface area contributed by atoms with Gasteiger partial charge in [0.15, 0.2) is 11.5 Å². The van der Waals surface area contributed by atoms with E-state index in [1.807, 2.05) is 19.0 Å². The van der Waals surface area contributed by atoms with Gasteiger partial charge in [0.2, 0.25) is 5.91 Å². The summed E-state index contributed by atoms with van der Waals surface area (Å²) in [5.41, 5.74) is 5.18. The van der Waals surface area contributed by atoms with Gasteiger partial charge < -0.3 is 16.0 Å². The molecule has 1 amide bonds. The Balaban J connectivity index is 1.80. The largest absolute Gasteiger partial charge is 0.419 e. The maximum absolute atomic E-state index is 13.1. The summed E-state index contributed by atoms with van der Waals surface area (Å²) in [6.45, 7) is 0.791. The fourth-order valence-corrected chi connectivity index (χ4v) is 2.70. The molecule has 0 bridgehead atoms. The minimum absolute atomic E-state index is 0.163. The van der Waals surface area contributed by atoms with Crippen molar-refractivity contribution in [2.45, 2.75) is 19.0 Å². The van der Waals surface area contributed by atoms with Crippen molar-refractivity contribution >= 4 is 23.2 Å². The first-order valence-corrected chi connectivity index (χ1v) is 8.77. The van der Waals surface area contributed by atoms with E-state index in [9.17, 15) is 18.0 Å². The van der Waals surface area contributed by atoms with E-state index in [0.29, 0.717) is 24.3 Å². The van der Waals surface area contributed by atoms with Crippen molar-refractivity contribution in [3.8, 4) is 11.3 Å². The van der Waals surface area contributed by atoms with E-state index < -0.39 is 17.6 Å². The van der Waals surface area contributed by atoms with Gasteiger partial charge >= 0.3 is 6.18 Å². The van der Waals surface area contributed by atoms with Gasteiger partial charge in [0, 0.05) is 18.2 Å². The zero-order chi connectivity index (χ0) is 21.2. The number of imidazole rings is 1. The second-order valence-corrected chi connectivity index (χ2v) is 6.76. The van der Waals surface area contributed by atoms with Crippen LogP contribution in [0.4, 0.5) is 24.8 Å². The Labute approximate surface area is 164 Å². The van der Waals surface area contributed by atoms with E-state index in [4.69, 9.17) is 5.73 Å². The molecule has 0 unspecified atom stereocenters. The van der Waals surface area contributed by atoms with E-state index in [0.717, 1.165) is 12.6 Å². The number of anilines is 2. The van der Waals surface area contributed by atoms with Gasteiger partial charge in [-0.3, -0.25) is 4.79 Å². The zero-order valence-electron chi connectivity index (χ0n) is 15.9. The average molecular weight is 407 g/mol. The first-order valence-electron chi connectivity index (χ1n) is 8.77. The highest BCUT2D eigenvalue weighted by atomic mass is 19.4. The molecular formula is C18H20F3N7O. The number of amides is 1. The molecule has 0 aliphatic rings. The first kappa shape index (κ1) is 20.5. The van der Waals surface area contributed by atoms with Gasteiger partial charge in [-0.25, -0.2) is 14.5 Å². The molecule has 3 N–H and O–H groups in total. The van der Waals surface area contributed by atoms with E-state index in [-0.39, 0.29) is 17.2 Å². The highest BCUT2D eigenvalue weighted by Gasteiger charge is 2.34. The van der Waals surface area contributed by atoms with E-state index >= 15 is 0 Å². The van der Waals surface area contributed by atoms with Crippen LogP contribution in [-0.4, -0.2) is 51.0 Å². The third-order valence-corrected chi connectivity index (χ3v) is 4.12. The van der Waals surface area contributed by atoms with Crippen LogP contribution in [0.3, 0.4) is 0 Å². The number of halogens is 3. The number of carbonyl (C=O) groups excluding carboxylic acids is 1. The summed E-state index contributed by atoms with van der Waals surface area (Å²) >= 11 is 0. The maximum Gasteiger partial charge on any atom is 0.419 e. The minimum Gasteiger partial charge on any atom is -0.383 e. The van der Waals surface area contributed by atoms with E-state index in [2.05, 4.69) is 20.4 Å². The Morgan fingerprint density at radius 3 is 2.76 bits per heavy atom. The fraction of sp³-hybridized carbons (Fsp3) is 0.333. The lowest BCUT2D eigenvalue weighted by Gasteiger charge is -2.10. The van der Waals surface area contributed by atoms with E-state index in [1.165, 1.54) is 23.0 Å². The monoisotopic (exact) mass is 407 g/mol. The van der Waals surface area contributed by atoms with Gasteiger partial charge in [-0.2, -0.15) is 18.3 Å². The van der Waals surface area contributed by atoms with Crippen molar-refractivity contribution < 1.29 is 18.0 Å². The molecule has 0 aliphatic carbocycles. The van der Waals surface area contributed by atoms with Gasteiger partial charge in [-0.05, 0) is 45.3 Å². The molecule has 3 heterocycles. The van der Waals surface area contributed by atoms with Crippen molar-refractivity contribution in [2.24, 2.45) is 0 Å². The van der Waals surface area contributed by atoms with Gasteiger partial charge in [0.25, 0.3) is 0 Å². The Bertz CT molecular complexity index is 1030. The van der Waals surface area contributed by atoms with Crippen LogP contribution < -0.4 is 11.1 Å². The molecule has 0 aliphatic heterocycles. The molecule has 11 heteroatoms. The number of nitrogens with two attached hydrogens (primary N) is 1. The van der Waals surface area contributed by atoms with Crippen molar-refractivity contribution in [2.75, 3.05) is 31.7 Å². The second-order valence-electron chi connectivity index (χ2n) is 6.76. The van der Waals surface area contributed by atoms with E-state index in [1.54, 1.807) is 6.07 Å². The number of pyridine rings is 1. The smallest absolute Gasteiger partial charge is 0.383 e. The van der Waals surface area contributed by atoms with Gasteiger partial charge in [0.1, 0.15) is 5.82 Å². The predicted molar refractivity (Wildman–Crippen MR) is 102 cm³/mol. The minimum atomic E-state index is -4.61. The molecule has 3 aromatic rings. The summed E-state index contributed by atoms with van der Waals surface area (Å²) in [7, 11) is 3.86. The Morgan fingerprint density at radius 1 is 1.31 bits per heavy atom. The molecular weight excluding hydrogens is 387 g/mol. The number of carbonyl (C=O) groups is 1. The third-order valence-electron chi connectivity index (χ3n) is 4.12. The summed E-state index contributed by atoms with van der Waals surface area (Å²) in [6.07, 6.45) is -0.834. The highest BCUT2D eigenvalue weighted by molar-refractivity contribution is 5.90. The Hall–Kier alpha value is -3.21. The summed E-state index contributed by atoms with van der Waals surface area (Å²) in [5.74, 6) is -0.451. The van der Waals surface area contributed by atoms with Crippen LogP contribution in [-0.2, 0) is 11.0 Å². The van der Waals surface area contributed by atoms with Crippen LogP contribution in [0.2, 0.25) is 0 Å². The average Bonchev–Trinajstić information content (AvgIpc) is 3.02. The molecule has 0 saturated heterocycles. The molecule has 8 nitrogen and oxygen atoms in total. The van der Waals surface area contributed by atoms with Gasteiger partial charge in [-0.1, -0.05) is 0 Å². The number of alkyl halides is 3. The molecule has 0 atom stereocenters. The van der Waals surface area contributed by atoms with Crippen molar-refractivity contribution in [1.29, 1.82) is 0 Å². The fourth-order valence-electron chi connectivity index (χ4n) is 2.70. The first-order chi connectivity index (χ1) is 13.6. The van der Waals surface area contributed by atoms with Crippen LogP contribution in [0.15, 0.2) is 30.6 Å². The number of hydrogen-bond acceptors (Lipinski definition) is 6. The van der Waals surface area contributed by atoms with Crippen molar-refractivity contribution in [1.82, 2.24) is 24.5 Å². The molecule has 0 spiro atoms. The summed E-state index contributed by atoms with van der Waals surface area (Å²) < 4.78 is 40.6. The lowest BCUT2D eigenvalue weighted by Crippen LogP contribution is -2.17. The summed E-state index contributed by atoms with van der Waals surface area (Å²) in [5, 5.41) is 6.95. The van der Waals surface area contributed by atoms with Crippen LogP contribution in [0, 0.1) is 0 Å². The number of rotatable bonds is 6. The molecule has 0 saturated carbocycles. The lowest BCUT2D eigenvalue weighted by molar-refractivity contribution is -0.137. The predicted octanol–water partition coefficient (Wildman–Crippen LogP) is 2.67. The lowest BCUT2D eigenvalue weighted by atomic mass is 10.1. The quantitative estimate of drug-likeness (QED) is 0.652. The van der Waals surface area contributed by atoms with Gasteiger partial charge in [0.05, 0.1) is 17.5 Å². The number of aromatic nitrogens is 4. The normalized spacial score (nSPS) is 11.9. The second kappa shape index (κ2) is 8.03. The Kier molecular flexibility index (Phi) is 5.69. The topological polar surface area (TPSA) is 101 Å². The molecule has 0 fully saturated rings. The number of hydrogen-bond donors (Lipinski definition) is 2. The van der Waals surface area contributed by atoms with Crippen LogP contribution in [0.1, 0.15) is 18.4 Å². The molecule has 0 aromatic carbocycles. The van der Waals surface area contributed by atoms with Gasteiger partial charge in [-0.15, -0.1) is 0 Å². The number of nitrogens with one attached hydrogen (secondary N) is 1. The third kappa shape index (κ3) is 4.99. The highest BCUT2D eigenvalue weighted by Crippen LogP contribution is 2.34. The molecule has 3 rings (SSSR count). The van der Waals surface area contributed by atoms with Crippen LogP contribution in [0.5, 0.6) is 0 Å². The summed E-state index contributed by atoms with van der Waals surface area (Å²) in [4.78, 5) is 21.8. The standard InChI is InChI=1S/C18H20F3N7O/c1-27(2)7-3-4-16(29)25-14-10-28-15(24-14)6-5-13(26-28)11-8-12(18(19,20)21)17(22)23-9-11/h5-6,8-10H,3-4,7H2,1-2H3,(H2,22,23)(H,25,29). The van der Waals surface area contributed by atoms with Crippen molar-refractivity contribution in [3.05, 3.63) is 36.2 Å². The van der Waals surface area contributed by atoms with Crippen molar-refractivity contribution in [3.63, 3.8) is 0 Å². The Morgan fingerprint density at radius 2 is 2.07 bits per heavy atom. The van der Waals surface area contributed by atoms with Crippen LogP contribution in [0.25, 0.3) is 16.9 Å². The molecule has 154 valence electrons. The SMILES string of the molecule is CN(C)CCCC(=O)Nc1cn2nc(-c3cnc(N)c(C(F)(F)F)c3)ccc2n1. The number of fused-ring (bicyclic) bond motifs is 1. The molecule has 0 radical (unpaired) electrons. The molecule has 3 aromatic heterocycles. The zero-order valence-corrected chi connectivity index (χ0v) is 15.9.